The van der Waals surface area contributed by atoms with Crippen LogP contribution in [-0.4, -0.2) is 30.3 Å². The van der Waals surface area contributed by atoms with Crippen LogP contribution in [0, 0.1) is 11.8 Å². The van der Waals surface area contributed by atoms with Gasteiger partial charge in [0.2, 0.25) is 5.60 Å². The molecule has 0 radical (unpaired) electrons. The number of hydrogen-bond donors (Lipinski definition) is 2. The second-order valence-corrected chi connectivity index (χ2v) is 8.56. The fourth-order valence-electron chi connectivity index (χ4n) is 4.37. The Morgan fingerprint density at radius 3 is 2.42 bits per heavy atom. The molecule has 2 fully saturated rings. The topological polar surface area (TPSA) is 58.6 Å². The molecule has 4 atom stereocenters. The zero-order valence-corrected chi connectivity index (χ0v) is 15.1. The fraction of sp³-hybridized carbons (Fsp3) is 0.500. The first kappa shape index (κ1) is 16.3. The van der Waals surface area contributed by atoms with Gasteiger partial charge in [-0.1, -0.05) is 12.1 Å². The quantitative estimate of drug-likeness (QED) is 0.802. The first-order valence-electron chi connectivity index (χ1n) is 8.33. The van der Waals surface area contributed by atoms with Gasteiger partial charge in [0.15, 0.2) is 0 Å². The third-order valence-electron chi connectivity index (χ3n) is 5.50. The van der Waals surface area contributed by atoms with Gasteiger partial charge >= 0.3 is 5.97 Å². The van der Waals surface area contributed by atoms with Crippen LogP contribution in [0.25, 0.3) is 0 Å². The number of esters is 1. The van der Waals surface area contributed by atoms with E-state index in [4.69, 9.17) is 4.74 Å². The third kappa shape index (κ3) is 2.44. The van der Waals surface area contributed by atoms with Crippen LogP contribution in [0.15, 0.2) is 35.0 Å². The van der Waals surface area contributed by atoms with Gasteiger partial charge < -0.3 is 15.2 Å². The van der Waals surface area contributed by atoms with Crippen LogP contribution in [0.1, 0.15) is 29.0 Å². The third-order valence-corrected chi connectivity index (χ3v) is 7.45. The van der Waals surface area contributed by atoms with Gasteiger partial charge in [0.1, 0.15) is 6.10 Å². The van der Waals surface area contributed by atoms with E-state index in [1.54, 1.807) is 12.1 Å². The number of aliphatic hydroxyl groups is 1. The van der Waals surface area contributed by atoms with E-state index in [0.717, 1.165) is 12.8 Å². The molecule has 0 saturated heterocycles. The number of nitrogens with one attached hydrogen (secondary N) is 1. The summed E-state index contributed by atoms with van der Waals surface area (Å²) in [5, 5.41) is 18.4. The molecule has 24 heavy (non-hydrogen) atoms. The minimum Gasteiger partial charge on any atom is -0.459 e. The maximum absolute atomic E-state index is 13.0. The lowest BCUT2D eigenvalue weighted by Gasteiger charge is -2.29. The predicted octanol–water partition coefficient (Wildman–Crippen LogP) is 2.98. The van der Waals surface area contributed by atoms with Crippen molar-refractivity contribution in [2.45, 2.75) is 37.0 Å². The molecule has 2 aliphatic carbocycles. The number of thiophene rings is 2. The Morgan fingerprint density at radius 2 is 1.92 bits per heavy atom. The highest BCUT2D eigenvalue weighted by Crippen LogP contribution is 2.47. The van der Waals surface area contributed by atoms with Crippen molar-refractivity contribution in [1.82, 2.24) is 5.32 Å². The SMILES string of the molecule is CNC1C2CC[C@@H]1[C@H](OC(=O)C(O)(c1cccs1)c1cccs1)C2. The van der Waals surface area contributed by atoms with Crippen molar-refractivity contribution >= 4 is 28.6 Å². The minimum atomic E-state index is -1.70. The smallest absolute Gasteiger partial charge is 0.349 e. The molecule has 4 nitrogen and oxygen atoms in total. The average Bonchev–Trinajstić information content (AvgIpc) is 3.37. The Morgan fingerprint density at radius 1 is 1.25 bits per heavy atom. The van der Waals surface area contributed by atoms with Crippen molar-refractivity contribution in [3.63, 3.8) is 0 Å². The zero-order valence-electron chi connectivity index (χ0n) is 13.5. The summed E-state index contributed by atoms with van der Waals surface area (Å²) in [6.45, 7) is 0. The normalized spacial score (nSPS) is 29.1. The van der Waals surface area contributed by atoms with E-state index in [0.29, 0.717) is 27.6 Å². The molecule has 2 aromatic rings. The standard InChI is InChI=1S/C18H21NO3S2/c1-19-16-11-6-7-12(16)13(10-11)22-17(20)18(21,14-4-2-8-23-14)15-5-3-9-24-15/h2-5,8-9,11-13,16,19,21H,6-7,10H2,1H3/t11?,12-,13-,16?/m1/s1. The van der Waals surface area contributed by atoms with Crippen LogP contribution in [-0.2, 0) is 15.1 Å². The monoisotopic (exact) mass is 363 g/mol. The molecule has 2 saturated carbocycles. The van der Waals surface area contributed by atoms with Gasteiger partial charge in [-0.25, -0.2) is 4.79 Å². The number of fused-ring (bicyclic) bond motifs is 2. The van der Waals surface area contributed by atoms with Crippen LogP contribution < -0.4 is 5.32 Å². The molecule has 2 heterocycles. The Labute approximate surface area is 149 Å². The first-order chi connectivity index (χ1) is 11.6. The van der Waals surface area contributed by atoms with Crippen molar-refractivity contribution in [1.29, 1.82) is 0 Å². The minimum absolute atomic E-state index is 0.0971. The maximum Gasteiger partial charge on any atom is 0.349 e. The van der Waals surface area contributed by atoms with Gasteiger partial charge in [0, 0.05) is 12.0 Å². The Balaban J connectivity index is 1.60. The van der Waals surface area contributed by atoms with E-state index < -0.39 is 11.6 Å². The average molecular weight is 364 g/mol. The van der Waals surface area contributed by atoms with Crippen molar-refractivity contribution in [2.24, 2.45) is 11.8 Å². The molecule has 128 valence electrons. The van der Waals surface area contributed by atoms with Crippen LogP contribution in [0.2, 0.25) is 0 Å². The molecular formula is C18H21NO3S2. The molecule has 2 N–H and O–H groups in total. The number of carbonyl (C=O) groups is 1. The van der Waals surface area contributed by atoms with Gasteiger partial charge in [0.25, 0.3) is 0 Å². The molecule has 2 bridgehead atoms. The Hall–Kier alpha value is -1.21. The van der Waals surface area contributed by atoms with Gasteiger partial charge in [0.05, 0.1) is 9.75 Å². The van der Waals surface area contributed by atoms with Crippen LogP contribution >= 0.6 is 22.7 Å². The number of ether oxygens (including phenoxy) is 1. The maximum atomic E-state index is 13.0. The molecule has 4 rings (SSSR count). The van der Waals surface area contributed by atoms with Gasteiger partial charge in [-0.2, -0.15) is 0 Å². The van der Waals surface area contributed by atoms with E-state index >= 15 is 0 Å². The number of carbonyl (C=O) groups excluding carboxylic acids is 1. The van der Waals surface area contributed by atoms with E-state index in [1.165, 1.54) is 29.1 Å². The lowest BCUT2D eigenvalue weighted by Crippen LogP contribution is -2.41. The Bertz CT molecular complexity index is 664. The highest BCUT2D eigenvalue weighted by atomic mass is 32.1. The van der Waals surface area contributed by atoms with Crippen molar-refractivity contribution in [3.05, 3.63) is 44.8 Å². The summed E-state index contributed by atoms with van der Waals surface area (Å²) in [5.74, 6) is 0.397. The molecule has 0 aliphatic heterocycles. The van der Waals surface area contributed by atoms with E-state index in [2.05, 4.69) is 5.32 Å². The van der Waals surface area contributed by atoms with Crippen molar-refractivity contribution in [2.75, 3.05) is 7.05 Å². The zero-order chi connectivity index (χ0) is 16.7. The summed E-state index contributed by atoms with van der Waals surface area (Å²) in [6.07, 6.45) is 3.09. The fourth-order valence-corrected chi connectivity index (χ4v) is 6.08. The molecule has 2 aliphatic rings. The predicted molar refractivity (Wildman–Crippen MR) is 95.2 cm³/mol. The van der Waals surface area contributed by atoms with Gasteiger partial charge in [-0.05, 0) is 55.1 Å². The summed E-state index contributed by atoms with van der Waals surface area (Å²) in [7, 11) is 1.98. The van der Waals surface area contributed by atoms with E-state index in [1.807, 2.05) is 29.9 Å². The second-order valence-electron chi connectivity index (χ2n) is 6.66. The van der Waals surface area contributed by atoms with Crippen LogP contribution in [0.4, 0.5) is 0 Å². The lowest BCUT2D eigenvalue weighted by atomic mass is 9.96. The van der Waals surface area contributed by atoms with E-state index in [9.17, 15) is 9.90 Å². The Kier molecular flexibility index (Phi) is 4.24. The molecular weight excluding hydrogens is 342 g/mol. The van der Waals surface area contributed by atoms with Gasteiger partial charge in [-0.3, -0.25) is 0 Å². The second kappa shape index (κ2) is 6.26. The summed E-state index contributed by atoms with van der Waals surface area (Å²) in [5.41, 5.74) is -1.70. The highest BCUT2D eigenvalue weighted by molar-refractivity contribution is 7.12. The first-order valence-corrected chi connectivity index (χ1v) is 10.1. The summed E-state index contributed by atoms with van der Waals surface area (Å²) < 4.78 is 5.87. The van der Waals surface area contributed by atoms with Gasteiger partial charge in [-0.15, -0.1) is 22.7 Å². The van der Waals surface area contributed by atoms with Crippen LogP contribution in [0.3, 0.4) is 0 Å². The summed E-state index contributed by atoms with van der Waals surface area (Å²) in [4.78, 5) is 14.2. The molecule has 0 amide bonds. The van der Waals surface area contributed by atoms with E-state index in [-0.39, 0.29) is 6.10 Å². The molecule has 2 unspecified atom stereocenters. The molecule has 0 spiro atoms. The molecule has 2 aromatic heterocycles. The summed E-state index contributed by atoms with van der Waals surface area (Å²) in [6, 6.07) is 7.71. The number of rotatable bonds is 5. The van der Waals surface area contributed by atoms with Crippen molar-refractivity contribution < 1.29 is 14.6 Å². The van der Waals surface area contributed by atoms with Crippen LogP contribution in [0.5, 0.6) is 0 Å². The lowest BCUT2D eigenvalue weighted by molar-refractivity contribution is -0.169. The summed E-state index contributed by atoms with van der Waals surface area (Å²) >= 11 is 2.76. The molecule has 0 aromatic carbocycles. The number of hydrogen-bond acceptors (Lipinski definition) is 6. The van der Waals surface area contributed by atoms with Crippen molar-refractivity contribution in [3.8, 4) is 0 Å². The highest BCUT2D eigenvalue weighted by Gasteiger charge is 2.52. The molecule has 6 heteroatoms. The largest absolute Gasteiger partial charge is 0.459 e.